The molecule has 0 radical (unpaired) electrons. The fraction of sp³-hybridized carbons (Fsp3) is 0.348. The van der Waals surface area contributed by atoms with E-state index in [9.17, 15) is 4.79 Å². The van der Waals surface area contributed by atoms with Crippen molar-refractivity contribution in [2.45, 2.75) is 13.0 Å². The van der Waals surface area contributed by atoms with Crippen LogP contribution in [0.2, 0.25) is 0 Å². The van der Waals surface area contributed by atoms with Crippen molar-refractivity contribution in [3.63, 3.8) is 0 Å². The van der Waals surface area contributed by atoms with Gasteiger partial charge >= 0.3 is 5.97 Å². The highest BCUT2D eigenvalue weighted by Gasteiger charge is 2.29. The third-order valence-corrected chi connectivity index (χ3v) is 4.32. The molecule has 2 aromatic carbocycles. The summed E-state index contributed by atoms with van der Waals surface area (Å²) in [4.78, 5) is 11.8. The second-order valence-corrected chi connectivity index (χ2v) is 6.68. The Labute approximate surface area is 186 Å². The van der Waals surface area contributed by atoms with Gasteiger partial charge in [0.05, 0.1) is 0 Å². The summed E-state index contributed by atoms with van der Waals surface area (Å²) in [7, 11) is 4.58. The molecule has 0 saturated carbocycles. The predicted octanol–water partition coefficient (Wildman–Crippen LogP) is 3.67. The highest BCUT2D eigenvalue weighted by molar-refractivity contribution is 5.82. The van der Waals surface area contributed by atoms with Gasteiger partial charge in [0.25, 0.3) is 0 Å². The molecule has 2 aromatic rings. The fourth-order valence-electron chi connectivity index (χ4n) is 3.02. The highest BCUT2D eigenvalue weighted by atomic mass is 16.7. The van der Waals surface area contributed by atoms with E-state index in [1.54, 1.807) is 37.5 Å². The molecule has 0 N–H and O–H groups in total. The van der Waals surface area contributed by atoms with E-state index in [0.29, 0.717) is 34.3 Å². The number of hydrogen-bond acceptors (Lipinski definition) is 9. The van der Waals surface area contributed by atoms with Gasteiger partial charge in [-0.15, -0.1) is 0 Å². The Morgan fingerprint density at radius 1 is 0.875 bits per heavy atom. The number of hydrogen-bond donors (Lipinski definition) is 0. The summed E-state index contributed by atoms with van der Waals surface area (Å²) in [6.07, 6.45) is 1.19. The normalized spacial score (nSPS) is 14.6. The average molecular weight is 446 g/mol. The lowest BCUT2D eigenvalue weighted by molar-refractivity contribution is -0.134. The lowest BCUT2D eigenvalue weighted by atomic mass is 10.0. The van der Waals surface area contributed by atoms with E-state index in [2.05, 4.69) is 0 Å². The van der Waals surface area contributed by atoms with Crippen molar-refractivity contribution < 1.29 is 42.7 Å². The lowest BCUT2D eigenvalue weighted by Gasteiger charge is -2.27. The zero-order valence-corrected chi connectivity index (χ0v) is 18.4. The van der Waals surface area contributed by atoms with E-state index in [1.807, 2.05) is 12.1 Å². The van der Waals surface area contributed by atoms with Gasteiger partial charge in [0.1, 0.15) is 40.4 Å². The molecule has 0 aliphatic carbocycles. The summed E-state index contributed by atoms with van der Waals surface area (Å²) in [5.74, 6) is 1.76. The molecular formula is C23H26O9. The van der Waals surface area contributed by atoms with E-state index in [-0.39, 0.29) is 20.4 Å². The first-order valence-corrected chi connectivity index (χ1v) is 9.76. The Kier molecular flexibility index (Phi) is 8.32. The molecule has 0 saturated heterocycles. The zero-order valence-electron chi connectivity index (χ0n) is 18.4. The summed E-state index contributed by atoms with van der Waals surface area (Å²) in [5.41, 5.74) is 1.31. The second-order valence-electron chi connectivity index (χ2n) is 6.68. The van der Waals surface area contributed by atoms with Crippen molar-refractivity contribution in [1.29, 1.82) is 0 Å². The Hall–Kier alpha value is -3.27. The SMILES string of the molecule is COCOc1ccc([C@H]2C=C(OC(C)=O)c3c(OCOC)cc(OCOC)cc3O2)cc1. The van der Waals surface area contributed by atoms with Crippen LogP contribution in [0.4, 0.5) is 0 Å². The summed E-state index contributed by atoms with van der Waals surface area (Å²) in [5, 5.41) is 0. The Morgan fingerprint density at radius 2 is 1.50 bits per heavy atom. The van der Waals surface area contributed by atoms with Gasteiger partial charge in [-0.05, 0) is 17.7 Å². The monoisotopic (exact) mass is 446 g/mol. The molecule has 3 rings (SSSR count). The van der Waals surface area contributed by atoms with Gasteiger partial charge in [0, 0.05) is 46.5 Å². The summed E-state index contributed by atoms with van der Waals surface area (Å²) in [6, 6.07) is 10.7. The molecule has 0 fully saturated rings. The number of esters is 1. The number of benzene rings is 2. The van der Waals surface area contributed by atoms with Crippen molar-refractivity contribution in [3.05, 3.63) is 53.6 Å². The van der Waals surface area contributed by atoms with Crippen LogP contribution in [0.25, 0.3) is 5.76 Å². The number of methoxy groups -OCH3 is 3. The van der Waals surface area contributed by atoms with Gasteiger partial charge in [-0.2, -0.15) is 0 Å². The summed E-state index contributed by atoms with van der Waals surface area (Å²) >= 11 is 0. The van der Waals surface area contributed by atoms with Gasteiger partial charge in [-0.25, -0.2) is 0 Å². The molecule has 0 spiro atoms. The Bertz CT molecular complexity index is 937. The van der Waals surface area contributed by atoms with Crippen molar-refractivity contribution >= 4 is 11.7 Å². The minimum atomic E-state index is -0.527. The van der Waals surface area contributed by atoms with Crippen LogP contribution in [0.1, 0.15) is 24.2 Å². The van der Waals surface area contributed by atoms with Crippen molar-refractivity contribution in [3.8, 4) is 23.0 Å². The first-order valence-electron chi connectivity index (χ1n) is 9.76. The quantitative estimate of drug-likeness (QED) is 0.379. The Balaban J connectivity index is 1.99. The third kappa shape index (κ3) is 5.91. The minimum Gasteiger partial charge on any atom is -0.480 e. The van der Waals surface area contributed by atoms with Gasteiger partial charge in [-0.3, -0.25) is 4.79 Å². The van der Waals surface area contributed by atoms with E-state index in [4.69, 9.17) is 37.9 Å². The number of carbonyl (C=O) groups is 1. The Morgan fingerprint density at radius 3 is 2.12 bits per heavy atom. The molecule has 0 bridgehead atoms. The molecule has 32 heavy (non-hydrogen) atoms. The van der Waals surface area contributed by atoms with Gasteiger partial charge in [0.2, 0.25) is 0 Å². The molecule has 0 amide bonds. The smallest absolute Gasteiger partial charge is 0.308 e. The predicted molar refractivity (Wildman–Crippen MR) is 114 cm³/mol. The van der Waals surface area contributed by atoms with Crippen LogP contribution in [-0.2, 0) is 23.7 Å². The fourth-order valence-corrected chi connectivity index (χ4v) is 3.02. The first kappa shape index (κ1) is 23.4. The largest absolute Gasteiger partial charge is 0.480 e. The average Bonchev–Trinajstić information content (AvgIpc) is 2.79. The molecule has 0 unspecified atom stereocenters. The molecular weight excluding hydrogens is 420 g/mol. The summed E-state index contributed by atoms with van der Waals surface area (Å²) in [6.45, 7) is 1.51. The van der Waals surface area contributed by atoms with Crippen LogP contribution in [0, 0.1) is 0 Å². The van der Waals surface area contributed by atoms with Crippen molar-refractivity contribution in [2.24, 2.45) is 0 Å². The van der Waals surface area contributed by atoms with Crippen LogP contribution in [0.3, 0.4) is 0 Å². The maximum absolute atomic E-state index is 11.8. The van der Waals surface area contributed by atoms with Crippen LogP contribution in [0.5, 0.6) is 23.0 Å². The lowest BCUT2D eigenvalue weighted by Crippen LogP contribution is -2.16. The van der Waals surface area contributed by atoms with E-state index >= 15 is 0 Å². The number of ether oxygens (including phenoxy) is 8. The number of fused-ring (bicyclic) bond motifs is 1. The first-order chi connectivity index (χ1) is 15.5. The topological polar surface area (TPSA) is 90.9 Å². The summed E-state index contributed by atoms with van der Waals surface area (Å²) < 4.78 is 43.3. The maximum Gasteiger partial charge on any atom is 0.308 e. The molecule has 1 atom stereocenters. The number of carbonyl (C=O) groups excluding carboxylic acids is 1. The van der Waals surface area contributed by atoms with E-state index in [0.717, 1.165) is 5.56 Å². The molecule has 172 valence electrons. The maximum atomic E-state index is 11.8. The zero-order chi connectivity index (χ0) is 22.9. The van der Waals surface area contributed by atoms with Crippen molar-refractivity contribution in [2.75, 3.05) is 41.7 Å². The van der Waals surface area contributed by atoms with Gasteiger partial charge < -0.3 is 37.9 Å². The molecule has 0 aromatic heterocycles. The van der Waals surface area contributed by atoms with Crippen molar-refractivity contribution in [1.82, 2.24) is 0 Å². The molecule has 9 nitrogen and oxygen atoms in total. The molecule has 1 aliphatic rings. The number of rotatable bonds is 11. The minimum absolute atomic E-state index is 0.0140. The van der Waals surface area contributed by atoms with Gasteiger partial charge in [-0.1, -0.05) is 12.1 Å². The highest BCUT2D eigenvalue weighted by Crippen LogP contribution is 2.45. The standard InChI is InChI=1S/C23H26O9/c1-15(24)31-22-11-19(16-5-7-17(8-6-16)28-12-25-2)32-21-10-18(29-13-26-3)9-20(23(21)22)30-14-27-4/h5-11,19H,12-14H2,1-4H3/t19-/m1/s1. The molecule has 1 heterocycles. The van der Waals surface area contributed by atoms with Crippen LogP contribution >= 0.6 is 0 Å². The van der Waals surface area contributed by atoms with E-state index < -0.39 is 12.1 Å². The van der Waals surface area contributed by atoms with Crippen LogP contribution in [0.15, 0.2) is 42.5 Å². The molecule has 1 aliphatic heterocycles. The second kappa shape index (κ2) is 11.4. The molecule has 9 heteroatoms. The van der Waals surface area contributed by atoms with Crippen LogP contribution < -0.4 is 18.9 Å². The third-order valence-electron chi connectivity index (χ3n) is 4.32. The van der Waals surface area contributed by atoms with Gasteiger partial charge in [0.15, 0.2) is 20.4 Å². The van der Waals surface area contributed by atoms with Crippen LogP contribution in [-0.4, -0.2) is 47.7 Å². The van der Waals surface area contributed by atoms with E-state index in [1.165, 1.54) is 21.1 Å².